The van der Waals surface area contributed by atoms with Gasteiger partial charge >= 0.3 is 0 Å². The summed E-state index contributed by atoms with van der Waals surface area (Å²) in [6, 6.07) is 15.9. The van der Waals surface area contributed by atoms with Crippen LogP contribution < -0.4 is 23.5 Å². The number of rotatable bonds is 17. The molecule has 220 valence electrons. The molecule has 42 heavy (non-hydrogen) atoms. The summed E-state index contributed by atoms with van der Waals surface area (Å²) in [4.78, 5) is 4.51. The molecule has 2 aromatic carbocycles. The summed E-state index contributed by atoms with van der Waals surface area (Å²) >= 11 is 0. The molecule has 0 fully saturated rings. The van der Waals surface area contributed by atoms with Gasteiger partial charge < -0.3 is 18.9 Å². The molecule has 1 aromatic heterocycles. The van der Waals surface area contributed by atoms with Gasteiger partial charge in [-0.05, 0) is 29.3 Å². The lowest BCUT2D eigenvalue weighted by molar-refractivity contribution is -0.692. The second-order valence-corrected chi connectivity index (χ2v) is 11.5. The zero-order valence-electron chi connectivity index (χ0n) is 24.7. The van der Waals surface area contributed by atoms with E-state index in [1.807, 2.05) is 88.5 Å². The fraction of sp³-hybridized carbons (Fsp3) is 0.235. The van der Waals surface area contributed by atoms with E-state index in [0.29, 0.717) is 11.5 Å². The summed E-state index contributed by atoms with van der Waals surface area (Å²) in [5, 5.41) is 0. The van der Waals surface area contributed by atoms with Gasteiger partial charge in [0.1, 0.15) is 0 Å². The summed E-state index contributed by atoms with van der Waals surface area (Å²) in [6.45, 7) is 5.61. The molecular weight excluding hydrogens is 565 g/mol. The largest absolute Gasteiger partial charge is 0.493 e. The van der Waals surface area contributed by atoms with Gasteiger partial charge in [0.25, 0.3) is 0 Å². The third-order valence-electron chi connectivity index (χ3n) is 6.12. The Morgan fingerprint density at radius 1 is 0.786 bits per heavy atom. The zero-order chi connectivity index (χ0) is 30.0. The number of pyridine rings is 1. The van der Waals surface area contributed by atoms with Crippen molar-refractivity contribution >= 4 is 46.0 Å². The Morgan fingerprint density at radius 3 is 2.00 bits per heavy atom. The van der Waals surface area contributed by atoms with Crippen molar-refractivity contribution in [1.29, 1.82) is 0 Å². The van der Waals surface area contributed by atoms with E-state index in [0.717, 1.165) is 58.4 Å². The Balaban J connectivity index is 1.37. The van der Waals surface area contributed by atoms with Gasteiger partial charge in [-0.3, -0.25) is 4.99 Å². The number of ether oxygens (including phenoxy) is 4. The average Bonchev–Trinajstić information content (AvgIpc) is 3.04. The summed E-state index contributed by atoms with van der Waals surface area (Å²) in [6.07, 6.45) is 17.9. The van der Waals surface area contributed by atoms with Crippen LogP contribution in [0, 0.1) is 0 Å². The minimum Gasteiger partial charge on any atom is -0.493 e. The molecule has 0 aliphatic heterocycles. The maximum atomic E-state index is 5.51. The highest BCUT2D eigenvalue weighted by molar-refractivity contribution is 8.76. The molecule has 0 atom stereocenters. The van der Waals surface area contributed by atoms with Crippen molar-refractivity contribution in [2.75, 3.05) is 46.5 Å². The predicted molar refractivity (Wildman–Crippen MR) is 180 cm³/mol. The molecule has 6 nitrogen and oxygen atoms in total. The van der Waals surface area contributed by atoms with E-state index in [4.69, 9.17) is 18.9 Å². The van der Waals surface area contributed by atoms with E-state index < -0.39 is 0 Å². The molecule has 0 radical (unpaired) electrons. The van der Waals surface area contributed by atoms with Gasteiger partial charge in [-0.2, -0.15) is 0 Å². The first kappa shape index (κ1) is 32.6. The van der Waals surface area contributed by atoms with Crippen LogP contribution in [0.2, 0.25) is 0 Å². The molecule has 0 bridgehead atoms. The molecule has 0 amide bonds. The molecule has 3 aromatic rings. The van der Waals surface area contributed by atoms with Crippen LogP contribution in [0.5, 0.6) is 23.0 Å². The van der Waals surface area contributed by atoms with Gasteiger partial charge in [0.05, 0.1) is 34.2 Å². The summed E-state index contributed by atoms with van der Waals surface area (Å²) in [7, 11) is 10.3. The van der Waals surface area contributed by atoms with Crippen LogP contribution in [0.15, 0.2) is 96.3 Å². The van der Waals surface area contributed by atoms with E-state index in [-0.39, 0.29) is 0 Å². The fourth-order valence-electron chi connectivity index (χ4n) is 3.94. The SMILES string of the molecule is C=CC(/C=C/c1cccc(OC)c1OC)=C\C=NCCSSCC[n+]1ccc(/C=C/c2cccc(OC)c2OC)cc1. The van der Waals surface area contributed by atoms with Gasteiger partial charge in [-0.1, -0.05) is 82.8 Å². The van der Waals surface area contributed by atoms with Crippen molar-refractivity contribution in [2.24, 2.45) is 4.99 Å². The van der Waals surface area contributed by atoms with Gasteiger partial charge in [-0.25, -0.2) is 4.57 Å². The molecule has 0 spiro atoms. The number of aryl methyl sites for hydroxylation is 1. The standard InChI is InChI=1S/C34H39N2O4S2/c1-6-27(13-15-29-9-7-11-31(37-2)33(29)39-4)17-20-35-21-25-41-42-26-24-36-22-18-28(19-23-36)14-16-30-10-8-12-32(38-3)34(30)40-5/h6-20,22-23H,1,21,24-26H2,2-5H3/q+1/b15-13+,16-14+,27-17+,35-20?. The van der Waals surface area contributed by atoms with Crippen molar-refractivity contribution in [3.8, 4) is 23.0 Å². The molecule has 0 saturated carbocycles. The van der Waals surface area contributed by atoms with Crippen LogP contribution in [0.4, 0.5) is 0 Å². The Hall–Kier alpha value is -3.88. The monoisotopic (exact) mass is 603 g/mol. The zero-order valence-corrected chi connectivity index (χ0v) is 26.3. The number of para-hydroxylation sites is 2. The van der Waals surface area contributed by atoms with E-state index in [1.165, 1.54) is 0 Å². The number of benzene rings is 2. The molecule has 0 saturated heterocycles. The third kappa shape index (κ3) is 10.2. The van der Waals surface area contributed by atoms with Crippen LogP contribution in [-0.2, 0) is 6.54 Å². The molecule has 8 heteroatoms. The number of aliphatic imine (C=N–C) groups is 1. The summed E-state index contributed by atoms with van der Waals surface area (Å²) in [5.74, 6) is 4.84. The first-order valence-electron chi connectivity index (χ1n) is 13.5. The average molecular weight is 604 g/mol. The molecule has 3 rings (SSSR count). The highest BCUT2D eigenvalue weighted by atomic mass is 33.1. The van der Waals surface area contributed by atoms with Gasteiger partial charge in [0.2, 0.25) is 0 Å². The lowest BCUT2D eigenvalue weighted by Crippen LogP contribution is -2.33. The second-order valence-electron chi connectivity index (χ2n) is 8.77. The number of allylic oxidation sites excluding steroid dienone is 4. The normalized spacial score (nSPS) is 11.9. The molecule has 0 aliphatic rings. The Morgan fingerprint density at radius 2 is 1.40 bits per heavy atom. The number of aromatic nitrogens is 1. The van der Waals surface area contributed by atoms with Crippen molar-refractivity contribution < 1.29 is 23.5 Å². The molecular formula is C34H39N2O4S2+. The Bertz CT molecular complexity index is 1400. The van der Waals surface area contributed by atoms with Crippen molar-refractivity contribution in [1.82, 2.24) is 0 Å². The maximum absolute atomic E-state index is 5.51. The lowest BCUT2D eigenvalue weighted by Gasteiger charge is -2.09. The van der Waals surface area contributed by atoms with Crippen molar-refractivity contribution in [3.05, 3.63) is 108 Å². The first-order valence-corrected chi connectivity index (χ1v) is 16.0. The number of nitrogens with zero attached hydrogens (tertiary/aromatic N) is 2. The van der Waals surface area contributed by atoms with E-state index in [9.17, 15) is 0 Å². The highest BCUT2D eigenvalue weighted by Crippen LogP contribution is 2.32. The van der Waals surface area contributed by atoms with Crippen molar-refractivity contribution in [3.63, 3.8) is 0 Å². The number of hydrogen-bond acceptors (Lipinski definition) is 7. The molecule has 0 aliphatic carbocycles. The third-order valence-corrected chi connectivity index (χ3v) is 8.49. The smallest absolute Gasteiger partial charge is 0.169 e. The fourth-order valence-corrected chi connectivity index (χ4v) is 5.80. The van der Waals surface area contributed by atoms with E-state index >= 15 is 0 Å². The number of hydrogen-bond donors (Lipinski definition) is 0. The van der Waals surface area contributed by atoms with Crippen LogP contribution in [-0.4, -0.2) is 52.7 Å². The minimum absolute atomic E-state index is 0.702. The van der Waals surface area contributed by atoms with Gasteiger partial charge in [0.15, 0.2) is 41.9 Å². The van der Waals surface area contributed by atoms with Gasteiger partial charge in [-0.15, -0.1) is 0 Å². The van der Waals surface area contributed by atoms with Crippen LogP contribution in [0.1, 0.15) is 16.7 Å². The molecule has 0 unspecified atom stereocenters. The van der Waals surface area contributed by atoms with E-state index in [1.54, 1.807) is 34.5 Å². The Labute approximate surface area is 257 Å². The Kier molecular flexibility index (Phi) is 14.4. The second kappa shape index (κ2) is 18.5. The molecule has 1 heterocycles. The lowest BCUT2D eigenvalue weighted by atomic mass is 10.1. The van der Waals surface area contributed by atoms with Crippen LogP contribution in [0.3, 0.4) is 0 Å². The van der Waals surface area contributed by atoms with E-state index in [2.05, 4.69) is 46.7 Å². The quantitative estimate of drug-likeness (QED) is 0.0525. The van der Waals surface area contributed by atoms with Crippen LogP contribution >= 0.6 is 21.6 Å². The highest BCUT2D eigenvalue weighted by Gasteiger charge is 2.08. The number of methoxy groups -OCH3 is 4. The molecule has 0 N–H and O–H groups in total. The summed E-state index contributed by atoms with van der Waals surface area (Å²) in [5.41, 5.74) is 4.00. The topological polar surface area (TPSA) is 53.2 Å². The summed E-state index contributed by atoms with van der Waals surface area (Å²) < 4.78 is 23.9. The minimum atomic E-state index is 0.702. The van der Waals surface area contributed by atoms with Crippen LogP contribution in [0.25, 0.3) is 18.2 Å². The van der Waals surface area contributed by atoms with Gasteiger partial charge in [0, 0.05) is 41.8 Å². The van der Waals surface area contributed by atoms with Crippen molar-refractivity contribution in [2.45, 2.75) is 6.54 Å². The first-order chi connectivity index (χ1) is 20.6. The predicted octanol–water partition coefficient (Wildman–Crippen LogP) is 7.46. The maximum Gasteiger partial charge on any atom is 0.169 e.